The third kappa shape index (κ3) is 3.67. The SMILES string of the molecule is CCCNC(Cc1cnn(C)c1)c1cc(C)c(C)s1. The Morgan fingerprint density at radius 1 is 1.42 bits per heavy atom. The van der Waals surface area contributed by atoms with E-state index in [1.165, 1.54) is 20.9 Å². The average Bonchev–Trinajstić information content (AvgIpc) is 2.92. The van der Waals surface area contributed by atoms with Crippen LogP contribution in [-0.2, 0) is 13.5 Å². The first-order chi connectivity index (χ1) is 9.10. The average molecular weight is 277 g/mol. The first kappa shape index (κ1) is 14.3. The van der Waals surface area contributed by atoms with Gasteiger partial charge in [0.25, 0.3) is 0 Å². The Bertz CT molecular complexity index is 508. The van der Waals surface area contributed by atoms with Gasteiger partial charge in [-0.3, -0.25) is 4.68 Å². The third-order valence-corrected chi connectivity index (χ3v) is 4.63. The lowest BCUT2D eigenvalue weighted by Gasteiger charge is -2.16. The molecule has 2 aromatic rings. The van der Waals surface area contributed by atoms with E-state index in [2.05, 4.69) is 43.4 Å². The van der Waals surface area contributed by atoms with E-state index < -0.39 is 0 Å². The van der Waals surface area contributed by atoms with Crippen molar-refractivity contribution < 1.29 is 0 Å². The highest BCUT2D eigenvalue weighted by molar-refractivity contribution is 7.12. The summed E-state index contributed by atoms with van der Waals surface area (Å²) in [7, 11) is 1.97. The van der Waals surface area contributed by atoms with Crippen LogP contribution in [0.15, 0.2) is 18.5 Å². The molecule has 0 radical (unpaired) electrons. The molecule has 0 saturated heterocycles. The second-order valence-electron chi connectivity index (χ2n) is 5.12. The van der Waals surface area contributed by atoms with Gasteiger partial charge in [-0.25, -0.2) is 0 Å². The van der Waals surface area contributed by atoms with Gasteiger partial charge in [0.2, 0.25) is 0 Å². The summed E-state index contributed by atoms with van der Waals surface area (Å²) in [5.41, 5.74) is 2.69. The van der Waals surface area contributed by atoms with Crippen molar-refractivity contribution in [2.24, 2.45) is 7.05 Å². The topological polar surface area (TPSA) is 29.9 Å². The molecule has 0 spiro atoms. The number of nitrogens with zero attached hydrogens (tertiary/aromatic N) is 2. The lowest BCUT2D eigenvalue weighted by molar-refractivity contribution is 0.536. The maximum Gasteiger partial charge on any atom is 0.0522 e. The maximum atomic E-state index is 4.26. The van der Waals surface area contributed by atoms with Gasteiger partial charge in [-0.05, 0) is 50.4 Å². The molecule has 0 bridgehead atoms. The summed E-state index contributed by atoms with van der Waals surface area (Å²) in [6.07, 6.45) is 6.24. The van der Waals surface area contributed by atoms with Crippen LogP contribution in [0.4, 0.5) is 0 Å². The molecule has 0 fully saturated rings. The summed E-state index contributed by atoms with van der Waals surface area (Å²) in [4.78, 5) is 2.86. The standard InChI is InChI=1S/C15H23N3S/c1-5-6-16-14(8-13-9-17-18(4)10-13)15-7-11(2)12(3)19-15/h7,9-10,14,16H,5-6,8H2,1-4H3. The molecule has 1 N–H and O–H groups in total. The van der Waals surface area contributed by atoms with Gasteiger partial charge in [-0.15, -0.1) is 11.3 Å². The van der Waals surface area contributed by atoms with E-state index in [0.717, 1.165) is 19.4 Å². The van der Waals surface area contributed by atoms with Crippen molar-refractivity contribution in [1.82, 2.24) is 15.1 Å². The summed E-state index contributed by atoms with van der Waals surface area (Å²) in [5, 5.41) is 7.92. The monoisotopic (exact) mass is 277 g/mol. The number of rotatable bonds is 6. The van der Waals surface area contributed by atoms with E-state index in [0.29, 0.717) is 6.04 Å². The number of hydrogen-bond acceptors (Lipinski definition) is 3. The Kier molecular flexibility index (Phi) is 4.77. The molecule has 2 heterocycles. The van der Waals surface area contributed by atoms with Crippen LogP contribution in [0.3, 0.4) is 0 Å². The summed E-state index contributed by atoms with van der Waals surface area (Å²) in [6, 6.07) is 2.73. The predicted octanol–water partition coefficient (Wildman–Crippen LogP) is 3.38. The molecule has 3 nitrogen and oxygen atoms in total. The van der Waals surface area contributed by atoms with E-state index in [9.17, 15) is 0 Å². The van der Waals surface area contributed by atoms with Gasteiger partial charge < -0.3 is 5.32 Å². The van der Waals surface area contributed by atoms with E-state index in [1.807, 2.05) is 29.3 Å². The molecule has 0 aliphatic carbocycles. The first-order valence-electron chi connectivity index (χ1n) is 6.88. The molecule has 0 aliphatic rings. The van der Waals surface area contributed by atoms with Gasteiger partial charge >= 0.3 is 0 Å². The number of hydrogen-bond donors (Lipinski definition) is 1. The van der Waals surface area contributed by atoms with Crippen LogP contribution >= 0.6 is 11.3 Å². The zero-order valence-electron chi connectivity index (χ0n) is 12.2. The van der Waals surface area contributed by atoms with Gasteiger partial charge in [0.05, 0.1) is 6.20 Å². The fraction of sp³-hybridized carbons (Fsp3) is 0.533. The van der Waals surface area contributed by atoms with Gasteiger partial charge in [-0.2, -0.15) is 5.10 Å². The fourth-order valence-corrected chi connectivity index (χ4v) is 3.30. The van der Waals surface area contributed by atoms with Crippen molar-refractivity contribution >= 4 is 11.3 Å². The molecule has 0 aliphatic heterocycles. The second kappa shape index (κ2) is 6.35. The zero-order valence-corrected chi connectivity index (χ0v) is 13.0. The smallest absolute Gasteiger partial charge is 0.0522 e. The Labute approximate surface area is 119 Å². The Morgan fingerprint density at radius 2 is 2.21 bits per heavy atom. The Hall–Kier alpha value is -1.13. The largest absolute Gasteiger partial charge is 0.309 e. The Balaban J connectivity index is 2.15. The number of aryl methyl sites for hydroxylation is 3. The van der Waals surface area contributed by atoms with Crippen LogP contribution < -0.4 is 5.32 Å². The quantitative estimate of drug-likeness (QED) is 0.877. The molecule has 2 aromatic heterocycles. The molecule has 0 amide bonds. The molecule has 1 unspecified atom stereocenters. The van der Waals surface area contributed by atoms with Gasteiger partial charge in [0.1, 0.15) is 0 Å². The zero-order chi connectivity index (χ0) is 13.8. The van der Waals surface area contributed by atoms with Crippen molar-refractivity contribution in [2.45, 2.75) is 39.7 Å². The van der Waals surface area contributed by atoms with Crippen LogP contribution in [0.1, 0.15) is 40.3 Å². The molecular weight excluding hydrogens is 254 g/mol. The van der Waals surface area contributed by atoms with E-state index in [4.69, 9.17) is 0 Å². The van der Waals surface area contributed by atoms with Gasteiger partial charge in [0, 0.05) is 29.0 Å². The van der Waals surface area contributed by atoms with Gasteiger partial charge in [0.15, 0.2) is 0 Å². The predicted molar refractivity (Wildman–Crippen MR) is 81.7 cm³/mol. The van der Waals surface area contributed by atoms with E-state index >= 15 is 0 Å². The van der Waals surface area contributed by atoms with Crippen molar-refractivity contribution in [3.05, 3.63) is 39.3 Å². The Morgan fingerprint density at radius 3 is 2.74 bits per heavy atom. The minimum Gasteiger partial charge on any atom is -0.309 e. The lowest BCUT2D eigenvalue weighted by Crippen LogP contribution is -2.23. The fourth-order valence-electron chi connectivity index (χ4n) is 2.18. The van der Waals surface area contributed by atoms with Crippen molar-refractivity contribution in [3.63, 3.8) is 0 Å². The summed E-state index contributed by atoms with van der Waals surface area (Å²) < 4.78 is 1.87. The van der Waals surface area contributed by atoms with Crippen molar-refractivity contribution in [1.29, 1.82) is 0 Å². The molecule has 2 rings (SSSR count). The van der Waals surface area contributed by atoms with Crippen molar-refractivity contribution in [2.75, 3.05) is 6.54 Å². The minimum absolute atomic E-state index is 0.404. The molecule has 4 heteroatoms. The van der Waals surface area contributed by atoms with Crippen molar-refractivity contribution in [3.8, 4) is 0 Å². The van der Waals surface area contributed by atoms with Crippen LogP contribution in [0.5, 0.6) is 0 Å². The molecule has 104 valence electrons. The summed E-state index contributed by atoms with van der Waals surface area (Å²) in [5.74, 6) is 0. The van der Waals surface area contributed by atoms with E-state index in [-0.39, 0.29) is 0 Å². The lowest BCUT2D eigenvalue weighted by atomic mass is 10.1. The van der Waals surface area contributed by atoms with Crippen LogP contribution in [0, 0.1) is 13.8 Å². The number of aromatic nitrogens is 2. The molecule has 0 aromatic carbocycles. The molecule has 0 saturated carbocycles. The van der Waals surface area contributed by atoms with Crippen LogP contribution in [-0.4, -0.2) is 16.3 Å². The molecule has 19 heavy (non-hydrogen) atoms. The van der Waals surface area contributed by atoms with Gasteiger partial charge in [-0.1, -0.05) is 6.92 Å². The van der Waals surface area contributed by atoms with Crippen LogP contribution in [0.2, 0.25) is 0 Å². The first-order valence-corrected chi connectivity index (χ1v) is 7.69. The number of thiophene rings is 1. The highest BCUT2D eigenvalue weighted by Gasteiger charge is 2.15. The normalized spacial score (nSPS) is 12.8. The molecular formula is C15H23N3S. The minimum atomic E-state index is 0.404. The highest BCUT2D eigenvalue weighted by atomic mass is 32.1. The third-order valence-electron chi connectivity index (χ3n) is 3.37. The maximum absolute atomic E-state index is 4.26. The summed E-state index contributed by atoms with van der Waals surface area (Å²) >= 11 is 1.91. The van der Waals surface area contributed by atoms with E-state index in [1.54, 1.807) is 0 Å². The van der Waals surface area contributed by atoms with Crippen LogP contribution in [0.25, 0.3) is 0 Å². The highest BCUT2D eigenvalue weighted by Crippen LogP contribution is 2.28. The second-order valence-corrected chi connectivity index (χ2v) is 6.41. The summed E-state index contributed by atoms with van der Waals surface area (Å²) in [6.45, 7) is 7.65. The number of nitrogens with one attached hydrogen (secondary N) is 1. The molecule has 1 atom stereocenters.